The molecular formula is C30H38N4O8. The van der Waals surface area contributed by atoms with E-state index in [1.807, 2.05) is 0 Å². The Labute approximate surface area is 244 Å². The molecular weight excluding hydrogens is 544 g/mol. The summed E-state index contributed by atoms with van der Waals surface area (Å²) in [6.07, 6.45) is 14.4. The third-order valence-corrected chi connectivity index (χ3v) is 6.86. The van der Waals surface area contributed by atoms with Gasteiger partial charge in [0.2, 0.25) is 6.04 Å². The van der Waals surface area contributed by atoms with Gasteiger partial charge in [0.05, 0.1) is 25.1 Å². The minimum atomic E-state index is -1.76. The SMILES string of the molecule is CCCCCCCCCCCCOC(=O)C(C(=O)Nc1cc(N2C(=O)C=CC2=O)ccc1OC)n1nccc1C(=O)O. The Balaban J connectivity index is 1.67. The second kappa shape index (κ2) is 16.1. The van der Waals surface area contributed by atoms with Crippen LogP contribution in [0, 0.1) is 0 Å². The van der Waals surface area contributed by atoms with Crippen LogP contribution in [-0.2, 0) is 23.9 Å². The van der Waals surface area contributed by atoms with Crippen molar-refractivity contribution < 1.29 is 38.6 Å². The molecule has 226 valence electrons. The van der Waals surface area contributed by atoms with Crippen molar-refractivity contribution in [2.75, 3.05) is 23.9 Å². The largest absolute Gasteiger partial charge is 0.495 e. The number of hydrogen-bond acceptors (Lipinski definition) is 8. The predicted octanol–water partition coefficient (Wildman–Crippen LogP) is 4.66. The molecule has 2 heterocycles. The van der Waals surface area contributed by atoms with Gasteiger partial charge in [-0.3, -0.25) is 14.4 Å². The van der Waals surface area contributed by atoms with Gasteiger partial charge in [-0.2, -0.15) is 5.10 Å². The number of carbonyl (C=O) groups is 5. The number of benzene rings is 1. The number of anilines is 2. The number of nitrogens with one attached hydrogen (secondary N) is 1. The van der Waals surface area contributed by atoms with E-state index in [1.165, 1.54) is 63.8 Å². The topological polar surface area (TPSA) is 157 Å². The van der Waals surface area contributed by atoms with Crippen LogP contribution in [0.4, 0.5) is 11.4 Å². The summed E-state index contributed by atoms with van der Waals surface area (Å²) < 4.78 is 11.5. The highest BCUT2D eigenvalue weighted by Gasteiger charge is 2.35. The second-order valence-electron chi connectivity index (χ2n) is 9.94. The van der Waals surface area contributed by atoms with Gasteiger partial charge in [-0.15, -0.1) is 0 Å². The molecule has 12 heteroatoms. The first-order valence-corrected chi connectivity index (χ1v) is 14.3. The molecule has 2 aromatic rings. The van der Waals surface area contributed by atoms with E-state index in [1.54, 1.807) is 0 Å². The van der Waals surface area contributed by atoms with Crippen molar-refractivity contribution >= 4 is 41.0 Å². The minimum absolute atomic E-state index is 0.0454. The maximum absolute atomic E-state index is 13.5. The number of carbonyl (C=O) groups excluding carboxylic acids is 4. The fourth-order valence-corrected chi connectivity index (χ4v) is 4.64. The van der Waals surface area contributed by atoms with Crippen LogP contribution in [0.3, 0.4) is 0 Å². The van der Waals surface area contributed by atoms with Crippen molar-refractivity contribution in [3.8, 4) is 5.75 Å². The lowest BCUT2D eigenvalue weighted by Gasteiger charge is -2.20. The Hall–Kier alpha value is -4.48. The highest BCUT2D eigenvalue weighted by molar-refractivity contribution is 6.28. The van der Waals surface area contributed by atoms with Gasteiger partial charge >= 0.3 is 11.9 Å². The maximum atomic E-state index is 13.5. The molecule has 1 atom stereocenters. The van der Waals surface area contributed by atoms with Crippen molar-refractivity contribution in [1.82, 2.24) is 9.78 Å². The fourth-order valence-electron chi connectivity index (χ4n) is 4.64. The number of imide groups is 1. The Morgan fingerprint density at radius 1 is 0.929 bits per heavy atom. The molecule has 12 nitrogen and oxygen atoms in total. The van der Waals surface area contributed by atoms with Crippen molar-refractivity contribution in [3.63, 3.8) is 0 Å². The zero-order valence-electron chi connectivity index (χ0n) is 24.0. The molecule has 1 aliphatic rings. The van der Waals surface area contributed by atoms with Gasteiger partial charge in [-0.25, -0.2) is 19.2 Å². The highest BCUT2D eigenvalue weighted by atomic mass is 16.5. The summed E-state index contributed by atoms with van der Waals surface area (Å²) in [5.41, 5.74) is -0.174. The lowest BCUT2D eigenvalue weighted by molar-refractivity contribution is -0.151. The molecule has 3 amide bonds. The number of hydrogen-bond donors (Lipinski definition) is 2. The molecule has 0 radical (unpaired) electrons. The summed E-state index contributed by atoms with van der Waals surface area (Å²) in [7, 11) is 1.35. The van der Waals surface area contributed by atoms with Gasteiger partial charge in [0.1, 0.15) is 11.4 Å². The molecule has 0 bridgehead atoms. The minimum Gasteiger partial charge on any atom is -0.495 e. The molecule has 0 spiro atoms. The first kappa shape index (κ1) is 32.0. The van der Waals surface area contributed by atoms with E-state index >= 15 is 0 Å². The van der Waals surface area contributed by atoms with E-state index in [-0.39, 0.29) is 29.4 Å². The molecule has 3 rings (SSSR count). The second-order valence-corrected chi connectivity index (χ2v) is 9.94. The summed E-state index contributed by atoms with van der Waals surface area (Å²) in [5, 5.41) is 16.0. The fraction of sp³-hybridized carbons (Fsp3) is 0.467. The monoisotopic (exact) mass is 582 g/mol. The number of aromatic carboxylic acids is 1. The summed E-state index contributed by atoms with van der Waals surface area (Å²) >= 11 is 0. The van der Waals surface area contributed by atoms with Crippen LogP contribution in [0.25, 0.3) is 0 Å². The highest BCUT2D eigenvalue weighted by Crippen LogP contribution is 2.32. The number of rotatable bonds is 18. The van der Waals surface area contributed by atoms with Gasteiger partial charge in [-0.1, -0.05) is 64.7 Å². The average Bonchev–Trinajstić information content (AvgIpc) is 3.58. The van der Waals surface area contributed by atoms with Crippen LogP contribution < -0.4 is 15.0 Å². The van der Waals surface area contributed by atoms with Crippen molar-refractivity contribution in [1.29, 1.82) is 0 Å². The van der Waals surface area contributed by atoms with E-state index < -0.39 is 35.7 Å². The Kier molecular flexibility index (Phi) is 12.3. The Bertz CT molecular complexity index is 1280. The molecule has 0 saturated heterocycles. The van der Waals surface area contributed by atoms with Crippen LogP contribution in [0.1, 0.15) is 87.7 Å². The number of aromatic nitrogens is 2. The molecule has 42 heavy (non-hydrogen) atoms. The summed E-state index contributed by atoms with van der Waals surface area (Å²) in [6, 6.07) is 3.65. The third-order valence-electron chi connectivity index (χ3n) is 6.86. The van der Waals surface area contributed by atoms with Crippen LogP contribution in [-0.4, -0.2) is 58.3 Å². The molecule has 0 aliphatic carbocycles. The molecule has 1 aliphatic heterocycles. The molecule has 1 unspecified atom stereocenters. The molecule has 1 aromatic carbocycles. The number of esters is 1. The molecule has 0 saturated carbocycles. The zero-order valence-corrected chi connectivity index (χ0v) is 24.0. The van der Waals surface area contributed by atoms with Crippen molar-refractivity contribution in [2.24, 2.45) is 0 Å². The molecule has 0 fully saturated rings. The number of carboxylic acids is 1. The quantitative estimate of drug-likeness (QED) is 0.110. The standard InChI is InChI=1S/C30H38N4O8/c1-3-4-5-6-7-8-9-10-11-12-19-42-30(40)27(34-23(29(38)39)17-18-31-34)28(37)32-22-20-21(13-14-24(22)41-2)33-25(35)15-16-26(33)36/h13-18,20,27H,3-12,19H2,1-2H3,(H,32,37)(H,38,39). The zero-order chi connectivity index (χ0) is 30.5. The van der Waals surface area contributed by atoms with E-state index in [0.29, 0.717) is 6.42 Å². The van der Waals surface area contributed by atoms with Crippen LogP contribution >= 0.6 is 0 Å². The smallest absolute Gasteiger partial charge is 0.354 e. The maximum Gasteiger partial charge on any atom is 0.354 e. The Morgan fingerprint density at radius 2 is 1.55 bits per heavy atom. The number of amides is 3. The van der Waals surface area contributed by atoms with E-state index in [0.717, 1.165) is 53.3 Å². The molecule has 1 aromatic heterocycles. The molecule has 2 N–H and O–H groups in total. The summed E-state index contributed by atoms with van der Waals surface area (Å²) in [6.45, 7) is 2.26. The third kappa shape index (κ3) is 8.51. The number of carboxylic acid groups (broad SMARTS) is 1. The van der Waals surface area contributed by atoms with E-state index in [9.17, 15) is 29.1 Å². The first-order chi connectivity index (χ1) is 20.3. The first-order valence-electron chi connectivity index (χ1n) is 14.3. The van der Waals surface area contributed by atoms with Crippen LogP contribution in [0.2, 0.25) is 0 Å². The van der Waals surface area contributed by atoms with Crippen molar-refractivity contribution in [2.45, 2.75) is 77.2 Å². The van der Waals surface area contributed by atoms with E-state index in [2.05, 4.69) is 17.3 Å². The van der Waals surface area contributed by atoms with Gasteiger partial charge in [0.25, 0.3) is 17.7 Å². The van der Waals surface area contributed by atoms with Gasteiger partial charge < -0.3 is 19.9 Å². The van der Waals surface area contributed by atoms with E-state index in [4.69, 9.17) is 9.47 Å². The number of methoxy groups -OCH3 is 1. The normalized spacial score (nSPS) is 13.3. The number of nitrogens with zero attached hydrogens (tertiary/aromatic N) is 3. The lowest BCUT2D eigenvalue weighted by Crippen LogP contribution is -2.36. The van der Waals surface area contributed by atoms with Gasteiger partial charge in [0.15, 0.2) is 0 Å². The van der Waals surface area contributed by atoms with Gasteiger partial charge in [-0.05, 0) is 30.7 Å². The van der Waals surface area contributed by atoms with Crippen LogP contribution in [0.5, 0.6) is 5.75 Å². The Morgan fingerprint density at radius 3 is 2.14 bits per heavy atom. The predicted molar refractivity (Wildman–Crippen MR) is 154 cm³/mol. The van der Waals surface area contributed by atoms with Crippen LogP contribution in [0.15, 0.2) is 42.6 Å². The number of unbranched alkanes of at least 4 members (excludes halogenated alkanes) is 9. The number of ether oxygens (including phenoxy) is 2. The lowest BCUT2D eigenvalue weighted by atomic mass is 10.1. The van der Waals surface area contributed by atoms with Crippen molar-refractivity contribution in [3.05, 3.63) is 48.3 Å². The summed E-state index contributed by atoms with van der Waals surface area (Å²) in [5.74, 6) is -4.24. The average molecular weight is 583 g/mol. The summed E-state index contributed by atoms with van der Waals surface area (Å²) in [4.78, 5) is 63.6. The van der Waals surface area contributed by atoms with Gasteiger partial charge in [0, 0.05) is 18.3 Å².